The van der Waals surface area contributed by atoms with Gasteiger partial charge in [-0.05, 0) is 78.4 Å². The van der Waals surface area contributed by atoms with Gasteiger partial charge in [0.15, 0.2) is 5.82 Å². The molecule has 4 unspecified atom stereocenters. The molecule has 0 radical (unpaired) electrons. The largest absolute Gasteiger partial charge is 0.481 e. The van der Waals surface area contributed by atoms with E-state index < -0.39 is 29.6 Å². The van der Waals surface area contributed by atoms with Crippen LogP contribution >= 0.6 is 0 Å². The summed E-state index contributed by atoms with van der Waals surface area (Å²) >= 11 is 0. The van der Waals surface area contributed by atoms with Crippen molar-refractivity contribution in [2.75, 3.05) is 13.1 Å². The maximum Gasteiger partial charge on any atom is 0.307 e. The van der Waals surface area contributed by atoms with Crippen molar-refractivity contribution in [1.29, 1.82) is 0 Å². The van der Waals surface area contributed by atoms with Crippen LogP contribution in [0, 0.1) is 23.7 Å². The average molecular weight is 717 g/mol. The average Bonchev–Trinajstić information content (AvgIpc) is 3.68. The summed E-state index contributed by atoms with van der Waals surface area (Å²) in [4.78, 5) is 45.5. The van der Waals surface area contributed by atoms with E-state index in [1.165, 1.54) is 0 Å². The molecular weight excluding hydrogens is 672 g/mol. The fraction of sp³-hybridized carbons (Fsp3) is 0.317. The van der Waals surface area contributed by atoms with Crippen molar-refractivity contribution in [3.05, 3.63) is 126 Å². The van der Waals surface area contributed by atoms with Crippen molar-refractivity contribution in [2.45, 2.75) is 46.2 Å². The zero-order chi connectivity index (χ0) is 37.2. The predicted octanol–water partition coefficient (Wildman–Crippen LogP) is 6.77. The molecule has 2 amide bonds. The van der Waals surface area contributed by atoms with E-state index in [1.54, 1.807) is 9.80 Å². The number of carboxylic acids is 1. The molecule has 53 heavy (non-hydrogen) atoms. The number of aliphatic carboxylic acids is 1. The van der Waals surface area contributed by atoms with Gasteiger partial charge in [0.1, 0.15) is 23.0 Å². The number of rotatable bonds is 17. The number of para-hydroxylation sites is 2. The Hall–Kier alpha value is -6.04. The monoisotopic (exact) mass is 716 g/mol. The second-order valence-corrected chi connectivity index (χ2v) is 13.2. The minimum atomic E-state index is -1.13. The molecule has 5 aromatic rings. The Kier molecular flexibility index (Phi) is 12.1. The van der Waals surface area contributed by atoms with Gasteiger partial charge in [0, 0.05) is 32.6 Å². The molecule has 2 N–H and O–H groups in total. The van der Waals surface area contributed by atoms with Crippen molar-refractivity contribution in [3.8, 4) is 23.0 Å². The van der Waals surface area contributed by atoms with E-state index in [1.807, 2.05) is 123 Å². The van der Waals surface area contributed by atoms with Crippen molar-refractivity contribution in [2.24, 2.45) is 23.7 Å². The van der Waals surface area contributed by atoms with Gasteiger partial charge in [-0.15, -0.1) is 10.2 Å². The molecule has 0 bridgehead atoms. The van der Waals surface area contributed by atoms with E-state index in [0.717, 1.165) is 16.9 Å². The van der Waals surface area contributed by atoms with Crippen LogP contribution in [0.3, 0.4) is 0 Å². The number of aromatic nitrogens is 4. The lowest BCUT2D eigenvalue weighted by Gasteiger charge is -2.50. The second-order valence-electron chi connectivity index (χ2n) is 13.2. The Balaban J connectivity index is 1.23. The number of tetrazole rings is 1. The highest BCUT2D eigenvalue weighted by Crippen LogP contribution is 2.50. The number of nitrogens with one attached hydrogen (secondary N) is 1. The Morgan fingerprint density at radius 1 is 0.642 bits per heavy atom. The number of carboxylic acid groups (broad SMARTS) is 1. The standard InChI is InChI=1S/C41H44N6O6/c1-3-23-46(26-28-15-19-32(20-16-28)52-30-11-7-5-8-12-30)39(48)36-34(25-35-42-44-45-43-35)37(41(50)51)38(36)40(49)47(24-4-2)27-29-17-21-33(22-18-29)53-31-13-9-6-10-14-31/h5-22,34,36-38H,3-4,23-27H2,1-2H3,(H,50,51)(H,42,43,44,45). The number of aromatic amines is 1. The third-order valence-corrected chi connectivity index (χ3v) is 9.52. The highest BCUT2D eigenvalue weighted by atomic mass is 16.5. The third kappa shape index (κ3) is 9.07. The molecule has 0 spiro atoms. The van der Waals surface area contributed by atoms with Crippen molar-refractivity contribution in [1.82, 2.24) is 30.4 Å². The molecule has 6 rings (SSSR count). The lowest BCUT2D eigenvalue weighted by atomic mass is 9.54. The SMILES string of the molecule is CCCN(Cc1ccc(Oc2ccccc2)cc1)C(=O)C1C(Cc2nn[nH]n2)C(C(=O)O)C1C(=O)N(CCC)Cc1ccc(Oc2ccccc2)cc1. The van der Waals surface area contributed by atoms with E-state index in [-0.39, 0.29) is 24.8 Å². The molecule has 1 aliphatic rings. The zero-order valence-corrected chi connectivity index (χ0v) is 29.9. The van der Waals surface area contributed by atoms with Crippen LogP contribution in [0.25, 0.3) is 0 Å². The van der Waals surface area contributed by atoms with Crippen LogP contribution < -0.4 is 9.47 Å². The number of carbonyl (C=O) groups excluding carboxylic acids is 2. The van der Waals surface area contributed by atoms with Gasteiger partial charge in [0.25, 0.3) is 0 Å². The fourth-order valence-electron chi connectivity index (χ4n) is 7.06. The van der Waals surface area contributed by atoms with E-state index in [0.29, 0.717) is 55.5 Å². The molecule has 274 valence electrons. The molecule has 1 aliphatic carbocycles. The molecular formula is C41H44N6O6. The summed E-state index contributed by atoms with van der Waals surface area (Å²) in [6.45, 7) is 5.33. The smallest absolute Gasteiger partial charge is 0.307 e. The quantitative estimate of drug-likeness (QED) is 0.106. The van der Waals surface area contributed by atoms with Gasteiger partial charge in [0.2, 0.25) is 11.8 Å². The second kappa shape index (κ2) is 17.5. The minimum Gasteiger partial charge on any atom is -0.481 e. The summed E-state index contributed by atoms with van der Waals surface area (Å²) < 4.78 is 11.9. The minimum absolute atomic E-state index is 0.0930. The molecule has 4 atom stereocenters. The van der Waals surface area contributed by atoms with E-state index >= 15 is 0 Å². The van der Waals surface area contributed by atoms with Crippen LogP contribution in [0.4, 0.5) is 0 Å². The first-order chi connectivity index (χ1) is 25.8. The highest BCUT2D eigenvalue weighted by molar-refractivity contribution is 5.95. The summed E-state index contributed by atoms with van der Waals surface area (Å²) in [6, 6.07) is 33.9. The number of nitrogens with zero attached hydrogens (tertiary/aromatic N) is 5. The summed E-state index contributed by atoms with van der Waals surface area (Å²) in [5.74, 6) is -2.47. The van der Waals surface area contributed by atoms with Crippen LogP contribution in [-0.4, -0.2) is 66.4 Å². The van der Waals surface area contributed by atoms with Crippen LogP contribution in [0.1, 0.15) is 43.6 Å². The van der Waals surface area contributed by atoms with Gasteiger partial charge in [-0.1, -0.05) is 79.7 Å². The Morgan fingerprint density at radius 3 is 1.51 bits per heavy atom. The molecule has 1 saturated carbocycles. The summed E-state index contributed by atoms with van der Waals surface area (Å²) in [6.07, 6.45) is 1.42. The van der Waals surface area contributed by atoms with Gasteiger partial charge >= 0.3 is 5.97 Å². The summed E-state index contributed by atoms with van der Waals surface area (Å²) in [7, 11) is 0. The molecule has 12 nitrogen and oxygen atoms in total. The molecule has 1 aromatic heterocycles. The number of hydrogen-bond donors (Lipinski definition) is 2. The van der Waals surface area contributed by atoms with Crippen LogP contribution in [-0.2, 0) is 33.9 Å². The summed E-state index contributed by atoms with van der Waals surface area (Å²) in [5, 5.41) is 24.7. The number of amides is 2. The molecule has 12 heteroatoms. The summed E-state index contributed by atoms with van der Waals surface area (Å²) in [5.41, 5.74) is 1.74. The molecule has 0 aliphatic heterocycles. The normalized spacial score (nSPS) is 17.7. The maximum absolute atomic E-state index is 14.6. The number of carbonyl (C=O) groups is 3. The first kappa shape index (κ1) is 36.7. The zero-order valence-electron chi connectivity index (χ0n) is 29.9. The number of H-pyrrole nitrogens is 1. The molecule has 1 heterocycles. The molecule has 1 fully saturated rings. The van der Waals surface area contributed by atoms with Gasteiger partial charge in [0.05, 0.1) is 17.8 Å². The van der Waals surface area contributed by atoms with E-state index in [4.69, 9.17) is 9.47 Å². The third-order valence-electron chi connectivity index (χ3n) is 9.52. The first-order valence-corrected chi connectivity index (χ1v) is 18.0. The van der Waals surface area contributed by atoms with Crippen LogP contribution in [0.15, 0.2) is 109 Å². The lowest BCUT2D eigenvalue weighted by Crippen LogP contribution is -2.62. The molecule has 4 aromatic carbocycles. The molecule has 0 saturated heterocycles. The number of ether oxygens (including phenoxy) is 2. The van der Waals surface area contributed by atoms with Gasteiger partial charge < -0.3 is 24.4 Å². The fourth-order valence-corrected chi connectivity index (χ4v) is 7.06. The number of benzene rings is 4. The van der Waals surface area contributed by atoms with Crippen molar-refractivity contribution < 1.29 is 29.0 Å². The Labute approximate surface area is 308 Å². The van der Waals surface area contributed by atoms with Crippen LogP contribution in [0.2, 0.25) is 0 Å². The highest BCUT2D eigenvalue weighted by Gasteiger charge is 2.61. The van der Waals surface area contributed by atoms with Gasteiger partial charge in [-0.3, -0.25) is 14.4 Å². The Morgan fingerprint density at radius 2 is 1.09 bits per heavy atom. The predicted molar refractivity (Wildman–Crippen MR) is 197 cm³/mol. The topological polar surface area (TPSA) is 151 Å². The first-order valence-electron chi connectivity index (χ1n) is 18.0. The van der Waals surface area contributed by atoms with Crippen molar-refractivity contribution >= 4 is 17.8 Å². The lowest BCUT2D eigenvalue weighted by molar-refractivity contribution is -0.179. The van der Waals surface area contributed by atoms with Crippen molar-refractivity contribution in [3.63, 3.8) is 0 Å². The van der Waals surface area contributed by atoms with Gasteiger partial charge in [-0.2, -0.15) is 5.21 Å². The van der Waals surface area contributed by atoms with E-state index in [2.05, 4.69) is 20.6 Å². The Bertz CT molecular complexity index is 1920. The van der Waals surface area contributed by atoms with Gasteiger partial charge in [-0.25, -0.2) is 0 Å². The number of hydrogen-bond acceptors (Lipinski definition) is 8. The van der Waals surface area contributed by atoms with Crippen LogP contribution in [0.5, 0.6) is 23.0 Å². The van der Waals surface area contributed by atoms with E-state index in [9.17, 15) is 19.5 Å². The maximum atomic E-state index is 14.6.